The van der Waals surface area contributed by atoms with Crippen LogP contribution in [0.4, 0.5) is 0 Å². The van der Waals surface area contributed by atoms with Crippen molar-refractivity contribution in [1.82, 2.24) is 0 Å². The molecule has 1 saturated heterocycles. The maximum Gasteiger partial charge on any atom is 1.00 e. The average Bonchev–Trinajstić information content (AvgIpc) is 2.14. The number of carbonyl (C=O) groups is 1. The van der Waals surface area contributed by atoms with E-state index in [9.17, 15) is 9.90 Å². The van der Waals surface area contributed by atoms with Crippen LogP contribution in [0.2, 0.25) is 0 Å². The number of hydrogen-bond acceptors (Lipinski definition) is 4. The van der Waals surface area contributed by atoms with Gasteiger partial charge in [-0.05, 0) is 24.7 Å². The molecule has 0 spiro atoms. The van der Waals surface area contributed by atoms with Gasteiger partial charge in [0.05, 0.1) is 6.61 Å². The Balaban J connectivity index is 0.00000162. The van der Waals surface area contributed by atoms with Gasteiger partial charge in [-0.15, -0.1) is 0 Å². The number of aliphatic hydroxyl groups excluding tert-OH is 1. The zero-order valence-corrected chi connectivity index (χ0v) is 13.0. The van der Waals surface area contributed by atoms with Crippen LogP contribution in [-0.2, 0) is 9.53 Å². The fraction of sp³-hybridized carbons (Fsp3) is 0.917. The van der Waals surface area contributed by atoms with Gasteiger partial charge in [0, 0.05) is 16.8 Å². The monoisotopic (exact) mass is 251 g/mol. The summed E-state index contributed by atoms with van der Waals surface area (Å²) in [5.41, 5.74) is -1.46. The number of carboxylic acid groups (broad SMARTS) is 1. The van der Waals surface area contributed by atoms with E-state index in [-0.39, 0.29) is 35.0 Å². The molecule has 4 atom stereocenters. The summed E-state index contributed by atoms with van der Waals surface area (Å²) < 4.78 is 12.6. The van der Waals surface area contributed by atoms with Gasteiger partial charge in [0.1, 0.15) is 0 Å². The molecule has 1 aliphatic heterocycles. The van der Waals surface area contributed by atoms with E-state index in [0.717, 1.165) is 6.42 Å². The summed E-state index contributed by atoms with van der Waals surface area (Å²) in [6.07, 6.45) is 1.17. The minimum Gasteiger partial charge on any atom is -0.550 e. The topological polar surface area (TPSA) is 69.6 Å². The van der Waals surface area contributed by atoms with Crippen LogP contribution in [0.5, 0.6) is 0 Å². The normalized spacial score (nSPS) is 50.1. The smallest absolute Gasteiger partial charge is 0.550 e. The Hall–Kier alpha value is 0.390. The van der Waals surface area contributed by atoms with E-state index < -0.39 is 23.1 Å². The van der Waals surface area contributed by atoms with Crippen molar-refractivity contribution in [2.24, 2.45) is 16.2 Å². The average molecular weight is 251 g/mol. The summed E-state index contributed by atoms with van der Waals surface area (Å²) in [4.78, 5) is 11.3. The number of fused-ring (bicyclic) bond motifs is 2. The predicted octanol–water partition coefficient (Wildman–Crippen LogP) is -2.71. The zero-order valence-electron chi connectivity index (χ0n) is 12.0. The van der Waals surface area contributed by atoms with Crippen LogP contribution in [0.3, 0.4) is 0 Å². The number of carboxylic acids is 1. The van der Waals surface area contributed by atoms with Crippen LogP contribution < -0.4 is 34.7 Å². The van der Waals surface area contributed by atoms with E-state index in [1.165, 1.54) is 0 Å². The summed E-state index contributed by atoms with van der Waals surface area (Å²) >= 11 is 0. The Labute approximate surface area is 126 Å². The predicted molar refractivity (Wildman–Crippen MR) is 55.1 cm³/mol. The van der Waals surface area contributed by atoms with Gasteiger partial charge in [-0.1, -0.05) is 20.8 Å². The fourth-order valence-corrected chi connectivity index (χ4v) is 3.89. The van der Waals surface area contributed by atoms with E-state index in [4.69, 9.17) is 6.17 Å². The molecular formula is C12H19NaO4. The van der Waals surface area contributed by atoms with Gasteiger partial charge in [0.2, 0.25) is 1.43 Å². The minimum atomic E-state index is -1.01. The molecule has 0 amide bonds. The number of hydrogen-bond donors (Lipinski definition) is 1. The molecule has 2 bridgehead atoms. The van der Waals surface area contributed by atoms with E-state index in [0.29, 0.717) is 19.4 Å². The second-order valence-corrected chi connectivity index (χ2v) is 6.49. The second kappa shape index (κ2) is 4.49. The molecule has 1 N–H and O–H groups in total. The zero-order chi connectivity index (χ0) is 12.9. The molecular weight excluding hydrogens is 231 g/mol. The number of ether oxygens (including phenoxy) is 1. The van der Waals surface area contributed by atoms with Crippen LogP contribution >= 0.6 is 0 Å². The first-order valence-electron chi connectivity index (χ1n) is 6.09. The number of rotatable bonds is 2. The largest absolute Gasteiger partial charge is 1.00 e. The minimum absolute atomic E-state index is 0. The van der Waals surface area contributed by atoms with Crippen LogP contribution in [0.1, 0.15) is 40.0 Å². The maximum absolute atomic E-state index is 11.3. The molecule has 5 heteroatoms. The molecule has 92 valence electrons. The van der Waals surface area contributed by atoms with E-state index in [2.05, 4.69) is 5.11 Å². The molecule has 4 nitrogen and oxygen atoms in total. The summed E-state index contributed by atoms with van der Waals surface area (Å²) in [5, 5.41) is 16.0. The third-order valence-electron chi connectivity index (χ3n) is 4.09. The Morgan fingerprint density at radius 3 is 2.59 bits per heavy atom. The van der Waals surface area contributed by atoms with Crippen molar-refractivity contribution in [2.75, 3.05) is 6.61 Å². The van der Waals surface area contributed by atoms with Crippen LogP contribution in [0.15, 0.2) is 0 Å². The van der Waals surface area contributed by atoms with Crippen molar-refractivity contribution >= 4 is 5.97 Å². The van der Waals surface area contributed by atoms with Gasteiger partial charge in [0.15, 0.2) is 6.29 Å². The van der Waals surface area contributed by atoms with Gasteiger partial charge in [-0.2, -0.15) is 0 Å². The first kappa shape index (κ1) is 13.8. The van der Waals surface area contributed by atoms with E-state index in [1.54, 1.807) is 6.92 Å². The molecule has 2 aliphatic rings. The number of aliphatic hydroxyl groups is 1. The second-order valence-electron chi connectivity index (χ2n) is 6.49. The van der Waals surface area contributed by atoms with Gasteiger partial charge in [0.25, 0.3) is 0 Å². The summed E-state index contributed by atoms with van der Waals surface area (Å²) in [6, 6.07) is 0. The first-order valence-corrected chi connectivity index (χ1v) is 5.68. The van der Waals surface area contributed by atoms with Gasteiger partial charge in [-0.25, -0.2) is 0 Å². The summed E-state index contributed by atoms with van der Waals surface area (Å²) in [6.45, 7) is 6.13. The molecule has 1 saturated carbocycles. The standard InChI is InChI=1S/C12H20O4.Na/c1-10-4-11(2,8(13)14)6-12(3,5-10)9(15)16-7-10;/h9,15H,4-7H2,1-3H3,(H,13,14);/q;+1/p-1/t9-,10-,11+,12-;/m0./s1/i15D;. The third-order valence-corrected chi connectivity index (χ3v) is 4.09. The van der Waals surface area contributed by atoms with Gasteiger partial charge in [-0.3, -0.25) is 0 Å². The first-order chi connectivity index (χ1) is 7.73. The Morgan fingerprint density at radius 2 is 2.06 bits per heavy atom. The molecule has 0 aromatic carbocycles. The van der Waals surface area contributed by atoms with Crippen LogP contribution in [0.25, 0.3) is 0 Å². The van der Waals surface area contributed by atoms with Gasteiger partial charge >= 0.3 is 29.6 Å². The number of aliphatic carboxylic acids is 1. The molecule has 2 rings (SSSR count). The molecule has 0 unspecified atom stereocenters. The fourth-order valence-electron chi connectivity index (χ4n) is 3.89. The Kier molecular flexibility index (Phi) is 3.65. The van der Waals surface area contributed by atoms with Crippen molar-refractivity contribution in [3.05, 3.63) is 0 Å². The third kappa shape index (κ3) is 2.56. The van der Waals surface area contributed by atoms with Gasteiger partial charge < -0.3 is 19.7 Å². The van der Waals surface area contributed by atoms with Crippen LogP contribution in [0, 0.1) is 16.2 Å². The molecule has 0 radical (unpaired) electrons. The molecule has 0 aromatic rings. The van der Waals surface area contributed by atoms with Crippen molar-refractivity contribution < 1.29 is 49.3 Å². The van der Waals surface area contributed by atoms with Crippen molar-refractivity contribution in [1.29, 1.82) is 1.43 Å². The Bertz CT molecular complexity index is 353. The van der Waals surface area contributed by atoms with Crippen molar-refractivity contribution in [3.8, 4) is 0 Å². The quantitative estimate of drug-likeness (QED) is 0.542. The SMILES string of the molecule is [2H]O[C@H]1OC[C@@]2(C)C[C@@](C)(C(=O)[O-])C[C@]1(C)C2.[Na+]. The van der Waals surface area contributed by atoms with Crippen LogP contribution in [-0.4, -0.2) is 25.4 Å². The van der Waals surface area contributed by atoms with Crippen molar-refractivity contribution in [2.45, 2.75) is 46.3 Å². The maximum atomic E-state index is 11.3. The van der Waals surface area contributed by atoms with E-state index in [1.807, 2.05) is 13.8 Å². The molecule has 0 aromatic heterocycles. The molecule has 17 heavy (non-hydrogen) atoms. The summed E-state index contributed by atoms with van der Waals surface area (Å²) in [5.74, 6) is -1.01. The molecule has 2 fully saturated rings. The summed E-state index contributed by atoms with van der Waals surface area (Å²) in [7, 11) is 0. The van der Waals surface area contributed by atoms with E-state index >= 15 is 0 Å². The van der Waals surface area contributed by atoms with Crippen molar-refractivity contribution in [3.63, 3.8) is 0 Å². The molecule has 1 aliphatic carbocycles. The Morgan fingerprint density at radius 1 is 1.41 bits per heavy atom. The number of carbonyl (C=O) groups excluding carboxylic acids is 1. The molecule has 1 heterocycles.